The number of nitrogens with zero attached hydrogens (tertiary/aromatic N) is 2. The largest absolute Gasteiger partial charge is 0.409 e. The Morgan fingerprint density at radius 2 is 2.14 bits per heavy atom. The summed E-state index contributed by atoms with van der Waals surface area (Å²) in [5, 5.41) is 11.1. The first-order valence-corrected chi connectivity index (χ1v) is 6.70. The number of hydrogen-bond donors (Lipinski definition) is 2. The molecule has 2 atom stereocenters. The van der Waals surface area contributed by atoms with Crippen LogP contribution in [0.5, 0.6) is 0 Å². The normalized spacial score (nSPS) is 21.0. The Labute approximate surface area is 121 Å². The summed E-state index contributed by atoms with van der Waals surface area (Å²) in [6.45, 7) is 2.16. The summed E-state index contributed by atoms with van der Waals surface area (Å²) in [6.07, 6.45) is -3.71. The van der Waals surface area contributed by atoms with Crippen molar-refractivity contribution in [3.05, 3.63) is 29.8 Å². The molecule has 0 aromatic heterocycles. The molecule has 1 heterocycles. The molecule has 0 saturated carbocycles. The SMILES string of the molecule is CC1Cc2ccccc2N(CC(/C(N)=N/O)C(F)(F)F)C1. The lowest BCUT2D eigenvalue weighted by Crippen LogP contribution is -2.47. The van der Waals surface area contributed by atoms with Gasteiger partial charge in [-0.3, -0.25) is 0 Å². The second-order valence-electron chi connectivity index (χ2n) is 5.46. The Morgan fingerprint density at radius 1 is 1.48 bits per heavy atom. The van der Waals surface area contributed by atoms with Crippen LogP contribution in [-0.2, 0) is 6.42 Å². The van der Waals surface area contributed by atoms with Gasteiger partial charge in [0, 0.05) is 18.8 Å². The number of fused-ring (bicyclic) bond motifs is 1. The summed E-state index contributed by atoms with van der Waals surface area (Å²) in [7, 11) is 0. The van der Waals surface area contributed by atoms with Gasteiger partial charge < -0.3 is 15.8 Å². The molecule has 1 aliphatic rings. The molecule has 1 aromatic rings. The quantitative estimate of drug-likeness (QED) is 0.390. The summed E-state index contributed by atoms with van der Waals surface area (Å²) >= 11 is 0. The van der Waals surface area contributed by atoms with Crippen molar-refractivity contribution in [3.8, 4) is 0 Å². The van der Waals surface area contributed by atoms with Crippen LogP contribution in [0.3, 0.4) is 0 Å². The molecule has 3 N–H and O–H groups in total. The number of anilines is 1. The number of para-hydroxylation sites is 1. The molecule has 1 aromatic carbocycles. The topological polar surface area (TPSA) is 61.8 Å². The minimum atomic E-state index is -4.55. The zero-order valence-electron chi connectivity index (χ0n) is 11.6. The van der Waals surface area contributed by atoms with E-state index in [1.165, 1.54) is 0 Å². The molecule has 0 amide bonds. The summed E-state index contributed by atoms with van der Waals surface area (Å²) in [6, 6.07) is 7.40. The number of nitrogens with two attached hydrogens (primary N) is 1. The molecule has 4 nitrogen and oxygen atoms in total. The van der Waals surface area contributed by atoms with E-state index in [4.69, 9.17) is 10.9 Å². The van der Waals surface area contributed by atoms with Crippen molar-refractivity contribution in [3.63, 3.8) is 0 Å². The lowest BCUT2D eigenvalue weighted by molar-refractivity contribution is -0.153. The van der Waals surface area contributed by atoms with Gasteiger partial charge in [-0.15, -0.1) is 0 Å². The second kappa shape index (κ2) is 5.83. The van der Waals surface area contributed by atoms with Crippen molar-refractivity contribution in [2.45, 2.75) is 19.5 Å². The lowest BCUT2D eigenvalue weighted by atomic mass is 9.93. The molecular weight excluding hydrogens is 283 g/mol. The Morgan fingerprint density at radius 3 is 2.76 bits per heavy atom. The van der Waals surface area contributed by atoms with Gasteiger partial charge in [-0.25, -0.2) is 0 Å². The van der Waals surface area contributed by atoms with Gasteiger partial charge in [0.2, 0.25) is 0 Å². The maximum atomic E-state index is 13.1. The van der Waals surface area contributed by atoms with E-state index < -0.39 is 17.9 Å². The van der Waals surface area contributed by atoms with Gasteiger partial charge in [0.05, 0.1) is 0 Å². The van der Waals surface area contributed by atoms with Crippen LogP contribution in [0.15, 0.2) is 29.4 Å². The third kappa shape index (κ3) is 3.40. The van der Waals surface area contributed by atoms with Crippen LogP contribution >= 0.6 is 0 Å². The highest BCUT2D eigenvalue weighted by atomic mass is 19.4. The third-order valence-corrected chi connectivity index (χ3v) is 3.70. The van der Waals surface area contributed by atoms with Crippen LogP contribution in [0.25, 0.3) is 0 Å². The molecule has 0 aliphatic carbocycles. The predicted octanol–water partition coefficient (Wildman–Crippen LogP) is 2.61. The standard InChI is InChI=1S/C14H18F3N3O/c1-9-6-10-4-2-3-5-12(10)20(7-9)8-11(13(18)19-21)14(15,16)17/h2-5,9,11,21H,6-8H2,1H3,(H2,18,19). The first kappa shape index (κ1) is 15.5. The Bertz CT molecular complexity index is 530. The van der Waals surface area contributed by atoms with Crippen LogP contribution in [0.2, 0.25) is 0 Å². The molecule has 2 rings (SSSR count). The van der Waals surface area contributed by atoms with Crippen LogP contribution in [0, 0.1) is 11.8 Å². The van der Waals surface area contributed by atoms with Gasteiger partial charge in [0.25, 0.3) is 0 Å². The number of amidine groups is 1. The fourth-order valence-corrected chi connectivity index (χ4v) is 2.73. The zero-order chi connectivity index (χ0) is 15.6. The molecule has 7 heteroatoms. The highest BCUT2D eigenvalue weighted by molar-refractivity contribution is 5.83. The maximum absolute atomic E-state index is 13.1. The molecule has 0 spiro atoms. The number of oxime groups is 1. The molecule has 0 fully saturated rings. The number of rotatable bonds is 3. The van der Waals surface area contributed by atoms with E-state index >= 15 is 0 Å². The number of halogens is 3. The summed E-state index contributed by atoms with van der Waals surface area (Å²) in [5.74, 6) is -2.54. The van der Waals surface area contributed by atoms with Crippen molar-refractivity contribution in [1.82, 2.24) is 0 Å². The molecule has 21 heavy (non-hydrogen) atoms. The van der Waals surface area contributed by atoms with Gasteiger partial charge in [-0.05, 0) is 24.0 Å². The van der Waals surface area contributed by atoms with E-state index in [0.29, 0.717) is 6.54 Å². The van der Waals surface area contributed by atoms with Gasteiger partial charge in [0.1, 0.15) is 5.92 Å². The van der Waals surface area contributed by atoms with Crippen LogP contribution in [-0.4, -0.2) is 30.3 Å². The third-order valence-electron chi connectivity index (χ3n) is 3.70. The molecule has 116 valence electrons. The lowest BCUT2D eigenvalue weighted by Gasteiger charge is -2.37. The van der Waals surface area contributed by atoms with Crippen LogP contribution < -0.4 is 10.6 Å². The Balaban J connectivity index is 2.29. The Kier molecular flexibility index (Phi) is 4.29. The number of alkyl halides is 3. The van der Waals surface area contributed by atoms with Crippen LogP contribution in [0.4, 0.5) is 18.9 Å². The van der Waals surface area contributed by atoms with Crippen molar-refractivity contribution in [2.75, 3.05) is 18.0 Å². The monoisotopic (exact) mass is 301 g/mol. The van der Waals surface area contributed by atoms with Gasteiger partial charge in [-0.1, -0.05) is 30.3 Å². The van der Waals surface area contributed by atoms with Gasteiger partial charge in [-0.2, -0.15) is 13.2 Å². The summed E-state index contributed by atoms with van der Waals surface area (Å²) < 4.78 is 39.3. The first-order chi connectivity index (χ1) is 9.82. The average molecular weight is 301 g/mol. The predicted molar refractivity (Wildman–Crippen MR) is 74.5 cm³/mol. The fourth-order valence-electron chi connectivity index (χ4n) is 2.73. The smallest absolute Gasteiger partial charge is 0.400 e. The van der Waals surface area contributed by atoms with E-state index in [-0.39, 0.29) is 12.5 Å². The second-order valence-corrected chi connectivity index (χ2v) is 5.46. The van der Waals surface area contributed by atoms with E-state index in [1.807, 2.05) is 19.1 Å². The minimum absolute atomic E-state index is 0.251. The Hall–Kier alpha value is -1.92. The van der Waals surface area contributed by atoms with Crippen molar-refractivity contribution < 1.29 is 18.4 Å². The summed E-state index contributed by atoms with van der Waals surface area (Å²) in [4.78, 5) is 1.67. The molecule has 0 radical (unpaired) electrons. The zero-order valence-corrected chi connectivity index (χ0v) is 11.6. The van der Waals surface area contributed by atoms with Crippen molar-refractivity contribution in [1.29, 1.82) is 0 Å². The first-order valence-electron chi connectivity index (χ1n) is 6.70. The van der Waals surface area contributed by atoms with E-state index in [0.717, 1.165) is 17.7 Å². The highest BCUT2D eigenvalue weighted by Crippen LogP contribution is 2.33. The highest BCUT2D eigenvalue weighted by Gasteiger charge is 2.44. The van der Waals surface area contributed by atoms with Crippen LogP contribution in [0.1, 0.15) is 12.5 Å². The van der Waals surface area contributed by atoms with E-state index in [2.05, 4.69) is 5.16 Å². The molecule has 2 unspecified atom stereocenters. The van der Waals surface area contributed by atoms with Gasteiger partial charge in [0.15, 0.2) is 5.84 Å². The molecular formula is C14H18F3N3O. The average Bonchev–Trinajstić information content (AvgIpc) is 2.42. The number of hydrogen-bond acceptors (Lipinski definition) is 3. The summed E-state index contributed by atoms with van der Waals surface area (Å²) in [5.41, 5.74) is 7.04. The molecule has 0 saturated heterocycles. The van der Waals surface area contributed by atoms with Crippen molar-refractivity contribution in [2.24, 2.45) is 22.7 Å². The minimum Gasteiger partial charge on any atom is -0.409 e. The van der Waals surface area contributed by atoms with Gasteiger partial charge >= 0.3 is 6.18 Å². The number of benzene rings is 1. The van der Waals surface area contributed by atoms with E-state index in [9.17, 15) is 13.2 Å². The fraction of sp³-hybridized carbons (Fsp3) is 0.500. The maximum Gasteiger partial charge on any atom is 0.400 e. The molecule has 1 aliphatic heterocycles. The van der Waals surface area contributed by atoms with Crippen molar-refractivity contribution >= 4 is 11.5 Å². The van der Waals surface area contributed by atoms with E-state index in [1.54, 1.807) is 17.0 Å². The molecule has 0 bridgehead atoms.